The third-order valence-electron chi connectivity index (χ3n) is 4.49. The van der Waals surface area contributed by atoms with Gasteiger partial charge in [0.15, 0.2) is 11.5 Å². The molecule has 0 atom stereocenters. The number of hydrogen-bond donors (Lipinski definition) is 2. The highest BCUT2D eigenvalue weighted by Crippen LogP contribution is 2.32. The van der Waals surface area contributed by atoms with Crippen LogP contribution in [0.1, 0.15) is 21.5 Å². The molecule has 3 aromatic rings. The average molecular weight is 416 g/mol. The zero-order valence-electron chi connectivity index (χ0n) is 16.5. The second-order valence-corrected chi connectivity index (χ2v) is 6.69. The van der Waals surface area contributed by atoms with Crippen LogP contribution in [0, 0.1) is 0 Å². The largest absolute Gasteiger partial charge is 0.489 e. The summed E-state index contributed by atoms with van der Waals surface area (Å²) in [6.07, 6.45) is 2.94. The monoisotopic (exact) mass is 416 g/mol. The number of carbonyl (C=O) groups is 2. The van der Waals surface area contributed by atoms with Crippen molar-refractivity contribution in [2.24, 2.45) is 0 Å². The number of rotatable bonds is 6. The third-order valence-corrected chi connectivity index (χ3v) is 4.49. The Labute approximate surface area is 179 Å². The molecule has 7 heteroatoms. The van der Waals surface area contributed by atoms with E-state index in [2.05, 4.69) is 10.9 Å². The lowest BCUT2D eigenvalue weighted by Crippen LogP contribution is -2.40. The normalized spacial score (nSPS) is 11.9. The number of hydrazine groups is 1. The van der Waals surface area contributed by atoms with Crippen molar-refractivity contribution in [2.75, 3.05) is 6.79 Å². The molecule has 156 valence electrons. The highest BCUT2D eigenvalue weighted by molar-refractivity contribution is 5.97. The van der Waals surface area contributed by atoms with Crippen LogP contribution in [0.25, 0.3) is 6.08 Å². The Bertz CT molecular complexity index is 1090. The molecule has 0 aromatic heterocycles. The molecule has 2 amide bonds. The number of para-hydroxylation sites is 1. The van der Waals surface area contributed by atoms with E-state index < -0.39 is 11.8 Å². The van der Waals surface area contributed by atoms with Crippen molar-refractivity contribution >= 4 is 17.9 Å². The maximum Gasteiger partial charge on any atom is 0.269 e. The summed E-state index contributed by atoms with van der Waals surface area (Å²) in [5.74, 6) is 1.21. The molecule has 0 bridgehead atoms. The molecule has 0 saturated heterocycles. The van der Waals surface area contributed by atoms with Gasteiger partial charge in [0.1, 0.15) is 12.4 Å². The van der Waals surface area contributed by atoms with Gasteiger partial charge in [0.25, 0.3) is 11.8 Å². The Hall–Kier alpha value is -4.26. The molecular weight excluding hydrogens is 396 g/mol. The van der Waals surface area contributed by atoms with E-state index in [-0.39, 0.29) is 6.79 Å². The van der Waals surface area contributed by atoms with Gasteiger partial charge in [0.05, 0.1) is 0 Å². The number of nitrogens with one attached hydrogen (secondary N) is 2. The van der Waals surface area contributed by atoms with Crippen LogP contribution < -0.4 is 25.1 Å². The first-order valence-electron chi connectivity index (χ1n) is 9.62. The first-order valence-corrected chi connectivity index (χ1v) is 9.62. The summed E-state index contributed by atoms with van der Waals surface area (Å²) in [7, 11) is 0. The molecule has 7 nitrogen and oxygen atoms in total. The van der Waals surface area contributed by atoms with Gasteiger partial charge in [-0.2, -0.15) is 0 Å². The van der Waals surface area contributed by atoms with Crippen molar-refractivity contribution < 1.29 is 23.8 Å². The summed E-state index contributed by atoms with van der Waals surface area (Å²) < 4.78 is 16.2. The average Bonchev–Trinajstić information content (AvgIpc) is 3.29. The fraction of sp³-hybridized carbons (Fsp3) is 0.0833. The molecule has 2 N–H and O–H groups in total. The van der Waals surface area contributed by atoms with E-state index in [1.165, 1.54) is 6.08 Å². The predicted octanol–water partition coefficient (Wildman–Crippen LogP) is 3.47. The summed E-state index contributed by atoms with van der Waals surface area (Å²) in [5.41, 5.74) is 6.87. The Balaban J connectivity index is 1.24. The van der Waals surface area contributed by atoms with E-state index in [1.54, 1.807) is 48.5 Å². The van der Waals surface area contributed by atoms with Crippen LogP contribution in [0.4, 0.5) is 0 Å². The Kier molecular flexibility index (Phi) is 6.13. The van der Waals surface area contributed by atoms with Crippen LogP contribution in [0.3, 0.4) is 0 Å². The Morgan fingerprint density at radius 2 is 1.68 bits per heavy atom. The zero-order valence-corrected chi connectivity index (χ0v) is 16.5. The number of benzene rings is 3. The van der Waals surface area contributed by atoms with Gasteiger partial charge in [0.2, 0.25) is 6.79 Å². The van der Waals surface area contributed by atoms with Crippen molar-refractivity contribution in [1.82, 2.24) is 10.9 Å². The lowest BCUT2D eigenvalue weighted by atomic mass is 10.1. The SMILES string of the molecule is O=C(/C=C/c1ccc2c(c1)OCO2)NNC(=O)c1ccc(COc2ccccc2)cc1. The van der Waals surface area contributed by atoms with E-state index in [1.807, 2.05) is 30.3 Å². The topological polar surface area (TPSA) is 85.9 Å². The van der Waals surface area contributed by atoms with Gasteiger partial charge < -0.3 is 14.2 Å². The predicted molar refractivity (Wildman–Crippen MR) is 114 cm³/mol. The van der Waals surface area contributed by atoms with Gasteiger partial charge in [-0.3, -0.25) is 20.4 Å². The minimum absolute atomic E-state index is 0.191. The van der Waals surface area contributed by atoms with Crippen molar-refractivity contribution in [1.29, 1.82) is 0 Å². The molecule has 0 spiro atoms. The van der Waals surface area contributed by atoms with Gasteiger partial charge in [0, 0.05) is 11.6 Å². The lowest BCUT2D eigenvalue weighted by molar-refractivity contribution is -0.117. The summed E-state index contributed by atoms with van der Waals surface area (Å²) in [6.45, 7) is 0.587. The molecule has 0 fully saturated rings. The second kappa shape index (κ2) is 9.49. The van der Waals surface area contributed by atoms with Gasteiger partial charge in [-0.15, -0.1) is 0 Å². The molecule has 1 aliphatic rings. The number of hydrogen-bond acceptors (Lipinski definition) is 5. The van der Waals surface area contributed by atoms with Crippen molar-refractivity contribution in [3.05, 3.63) is 95.6 Å². The van der Waals surface area contributed by atoms with E-state index in [0.29, 0.717) is 23.7 Å². The van der Waals surface area contributed by atoms with E-state index >= 15 is 0 Å². The minimum Gasteiger partial charge on any atom is -0.489 e. The van der Waals surface area contributed by atoms with Gasteiger partial charge in [-0.05, 0) is 53.6 Å². The molecule has 0 saturated carbocycles. The standard InChI is InChI=1S/C24H20N2O5/c27-23(13-9-17-8-12-21-22(14-17)31-16-30-21)25-26-24(28)19-10-6-18(7-11-19)15-29-20-4-2-1-3-5-20/h1-14H,15-16H2,(H,25,27)(H,26,28)/b13-9+. The van der Waals surface area contributed by atoms with E-state index in [4.69, 9.17) is 14.2 Å². The van der Waals surface area contributed by atoms with Crippen LogP contribution >= 0.6 is 0 Å². The Morgan fingerprint density at radius 1 is 0.903 bits per heavy atom. The summed E-state index contributed by atoms with van der Waals surface area (Å²) in [6, 6.07) is 21.8. The zero-order chi connectivity index (χ0) is 21.5. The smallest absolute Gasteiger partial charge is 0.269 e. The van der Waals surface area contributed by atoms with Crippen LogP contribution in [-0.2, 0) is 11.4 Å². The van der Waals surface area contributed by atoms with Crippen molar-refractivity contribution in [3.8, 4) is 17.2 Å². The number of ether oxygens (including phenoxy) is 3. The Morgan fingerprint density at radius 3 is 2.48 bits per heavy atom. The van der Waals surface area contributed by atoms with Crippen LogP contribution in [-0.4, -0.2) is 18.6 Å². The molecule has 0 aliphatic carbocycles. The quantitative estimate of drug-likeness (QED) is 0.475. The number of amides is 2. The maximum atomic E-state index is 12.2. The molecule has 1 aliphatic heterocycles. The third kappa shape index (κ3) is 5.42. The van der Waals surface area contributed by atoms with Crippen LogP contribution in [0.2, 0.25) is 0 Å². The first-order chi connectivity index (χ1) is 15.2. The fourth-order valence-electron chi connectivity index (χ4n) is 2.86. The molecule has 1 heterocycles. The maximum absolute atomic E-state index is 12.2. The molecule has 0 unspecified atom stereocenters. The summed E-state index contributed by atoms with van der Waals surface area (Å²) in [4.78, 5) is 24.2. The minimum atomic E-state index is -0.459. The first kappa shape index (κ1) is 20.0. The highest BCUT2D eigenvalue weighted by atomic mass is 16.7. The van der Waals surface area contributed by atoms with Gasteiger partial charge in [-0.25, -0.2) is 0 Å². The fourth-order valence-corrected chi connectivity index (χ4v) is 2.86. The molecule has 31 heavy (non-hydrogen) atoms. The van der Waals surface area contributed by atoms with Crippen LogP contribution in [0.5, 0.6) is 17.2 Å². The van der Waals surface area contributed by atoms with E-state index in [9.17, 15) is 9.59 Å². The molecular formula is C24H20N2O5. The molecule has 4 rings (SSSR count). The molecule has 3 aromatic carbocycles. The van der Waals surface area contributed by atoms with Gasteiger partial charge in [-0.1, -0.05) is 36.4 Å². The lowest BCUT2D eigenvalue weighted by Gasteiger charge is -2.08. The summed E-state index contributed by atoms with van der Waals surface area (Å²) in [5, 5.41) is 0. The van der Waals surface area contributed by atoms with Crippen molar-refractivity contribution in [3.63, 3.8) is 0 Å². The number of carbonyl (C=O) groups excluding carboxylic acids is 2. The highest BCUT2D eigenvalue weighted by Gasteiger charge is 2.12. The second-order valence-electron chi connectivity index (χ2n) is 6.69. The summed E-state index contributed by atoms with van der Waals surface area (Å²) >= 11 is 0. The van der Waals surface area contributed by atoms with Gasteiger partial charge >= 0.3 is 0 Å². The van der Waals surface area contributed by atoms with Crippen molar-refractivity contribution in [2.45, 2.75) is 6.61 Å². The molecule has 0 radical (unpaired) electrons. The van der Waals surface area contributed by atoms with Crippen LogP contribution in [0.15, 0.2) is 78.9 Å². The number of fused-ring (bicyclic) bond motifs is 1. The van der Waals surface area contributed by atoms with E-state index in [0.717, 1.165) is 16.9 Å².